The predicted molar refractivity (Wildman–Crippen MR) is 61.6 cm³/mol. The summed E-state index contributed by atoms with van der Waals surface area (Å²) in [5, 5.41) is 11.7. The summed E-state index contributed by atoms with van der Waals surface area (Å²) >= 11 is 0. The van der Waals surface area contributed by atoms with E-state index in [4.69, 9.17) is 5.11 Å². The van der Waals surface area contributed by atoms with Crippen molar-refractivity contribution >= 4 is 0 Å². The zero-order valence-corrected chi connectivity index (χ0v) is 9.92. The Labute approximate surface area is 88.5 Å². The Morgan fingerprint density at radius 3 is 2.36 bits per heavy atom. The van der Waals surface area contributed by atoms with Crippen LogP contribution in [-0.2, 0) is 0 Å². The van der Waals surface area contributed by atoms with Crippen molar-refractivity contribution in [1.29, 1.82) is 0 Å². The number of nitrogens with one attached hydrogen (secondary N) is 1. The first-order valence-electron chi connectivity index (χ1n) is 5.86. The molecule has 1 rings (SSSR count). The second kappa shape index (κ2) is 9.44. The monoisotopic (exact) mass is 202 g/mol. The van der Waals surface area contributed by atoms with E-state index in [-0.39, 0.29) is 6.61 Å². The molecule has 1 aliphatic carbocycles. The van der Waals surface area contributed by atoms with Gasteiger partial charge in [-0.25, -0.2) is 0 Å². The topological polar surface area (TPSA) is 35.5 Å². The van der Waals surface area contributed by atoms with E-state index >= 15 is 0 Å². The van der Waals surface area contributed by atoms with E-state index in [0.29, 0.717) is 0 Å². The van der Waals surface area contributed by atoms with Crippen LogP contribution in [0.4, 0.5) is 0 Å². The number of hydrogen-bond acceptors (Lipinski definition) is 3. The molecular weight excluding hydrogens is 176 g/mol. The van der Waals surface area contributed by atoms with E-state index in [1.54, 1.807) is 0 Å². The van der Waals surface area contributed by atoms with Gasteiger partial charge in [-0.2, -0.15) is 0 Å². The molecule has 0 amide bonds. The van der Waals surface area contributed by atoms with Crippen LogP contribution in [0.15, 0.2) is 0 Å². The van der Waals surface area contributed by atoms with E-state index in [2.05, 4.69) is 17.3 Å². The van der Waals surface area contributed by atoms with Crippen molar-refractivity contribution < 1.29 is 5.11 Å². The number of rotatable bonds is 6. The first-order chi connectivity index (χ1) is 6.84. The molecule has 0 atom stereocenters. The lowest BCUT2D eigenvalue weighted by molar-refractivity contribution is 0.159. The largest absolute Gasteiger partial charge is 0.395 e. The Balaban J connectivity index is 0.000000791. The van der Waals surface area contributed by atoms with E-state index in [1.165, 1.54) is 19.3 Å². The van der Waals surface area contributed by atoms with Crippen LogP contribution in [0.3, 0.4) is 0 Å². The highest BCUT2D eigenvalue weighted by Gasteiger charge is 2.20. The summed E-state index contributed by atoms with van der Waals surface area (Å²) in [6.45, 7) is 7.06. The lowest BCUT2D eigenvalue weighted by Gasteiger charge is -2.34. The van der Waals surface area contributed by atoms with E-state index < -0.39 is 0 Å². The molecule has 1 saturated carbocycles. The van der Waals surface area contributed by atoms with Gasteiger partial charge in [0.2, 0.25) is 0 Å². The Morgan fingerprint density at radius 1 is 1.29 bits per heavy atom. The zero-order chi connectivity index (χ0) is 10.8. The minimum Gasteiger partial charge on any atom is -0.395 e. The minimum atomic E-state index is 0.243. The van der Waals surface area contributed by atoms with Gasteiger partial charge < -0.3 is 15.3 Å². The zero-order valence-electron chi connectivity index (χ0n) is 9.92. The van der Waals surface area contributed by atoms with Gasteiger partial charge in [0.05, 0.1) is 6.61 Å². The van der Waals surface area contributed by atoms with Crippen LogP contribution in [0.25, 0.3) is 0 Å². The van der Waals surface area contributed by atoms with Gasteiger partial charge in [-0.3, -0.25) is 0 Å². The lowest BCUT2D eigenvalue weighted by atomic mass is 9.92. The van der Waals surface area contributed by atoms with Crippen LogP contribution in [0.5, 0.6) is 0 Å². The molecule has 3 nitrogen and oxygen atoms in total. The third kappa shape index (κ3) is 5.58. The second-order valence-corrected chi connectivity index (χ2v) is 3.54. The highest BCUT2D eigenvalue weighted by Crippen LogP contribution is 2.22. The van der Waals surface area contributed by atoms with Crippen molar-refractivity contribution in [2.45, 2.75) is 39.2 Å². The van der Waals surface area contributed by atoms with Gasteiger partial charge in [-0.15, -0.1) is 0 Å². The molecular formula is C11H26N2O. The van der Waals surface area contributed by atoms with Gasteiger partial charge in [0.25, 0.3) is 0 Å². The summed E-state index contributed by atoms with van der Waals surface area (Å²) in [5.74, 6) is 0. The molecule has 1 fully saturated rings. The van der Waals surface area contributed by atoms with Gasteiger partial charge in [0.1, 0.15) is 0 Å². The molecule has 0 saturated heterocycles. The molecule has 0 aromatic rings. The molecule has 0 aliphatic heterocycles. The highest BCUT2D eigenvalue weighted by molar-refractivity contribution is 4.77. The summed E-state index contributed by atoms with van der Waals surface area (Å²) in [5.41, 5.74) is 0. The lowest BCUT2D eigenvalue weighted by Crippen LogP contribution is -2.41. The van der Waals surface area contributed by atoms with E-state index in [0.717, 1.165) is 25.7 Å². The molecule has 2 N–H and O–H groups in total. The maximum atomic E-state index is 8.52. The third-order valence-electron chi connectivity index (χ3n) is 2.63. The van der Waals surface area contributed by atoms with E-state index in [9.17, 15) is 0 Å². The Morgan fingerprint density at radius 2 is 1.93 bits per heavy atom. The minimum absolute atomic E-state index is 0.243. The molecule has 0 spiro atoms. The van der Waals surface area contributed by atoms with Crippen LogP contribution >= 0.6 is 0 Å². The van der Waals surface area contributed by atoms with Crippen LogP contribution in [0.2, 0.25) is 0 Å². The number of hydrogen-bond donors (Lipinski definition) is 2. The van der Waals surface area contributed by atoms with Gasteiger partial charge >= 0.3 is 0 Å². The molecule has 0 radical (unpaired) electrons. The predicted octanol–water partition coefficient (Wildman–Crippen LogP) is 1.08. The normalized spacial score (nSPS) is 16.1. The van der Waals surface area contributed by atoms with E-state index in [1.807, 2.05) is 13.8 Å². The molecule has 14 heavy (non-hydrogen) atoms. The average molecular weight is 202 g/mol. The van der Waals surface area contributed by atoms with Crippen molar-refractivity contribution in [1.82, 2.24) is 10.2 Å². The van der Waals surface area contributed by atoms with Crippen LogP contribution in [0, 0.1) is 0 Å². The van der Waals surface area contributed by atoms with Gasteiger partial charge in [0, 0.05) is 25.7 Å². The fraction of sp³-hybridized carbons (Fsp3) is 1.00. The SMILES string of the molecule is CC.CN(CCNCCO)C1CCC1. The molecule has 86 valence electrons. The van der Waals surface area contributed by atoms with Gasteiger partial charge in [-0.05, 0) is 19.9 Å². The molecule has 0 unspecified atom stereocenters. The first-order valence-corrected chi connectivity index (χ1v) is 5.86. The summed E-state index contributed by atoms with van der Waals surface area (Å²) in [6, 6.07) is 0.834. The van der Waals surface area contributed by atoms with Gasteiger partial charge in [-0.1, -0.05) is 20.3 Å². The van der Waals surface area contributed by atoms with Crippen molar-refractivity contribution in [3.63, 3.8) is 0 Å². The quantitative estimate of drug-likeness (QED) is 0.633. The maximum absolute atomic E-state index is 8.52. The van der Waals surface area contributed by atoms with Crippen molar-refractivity contribution in [3.05, 3.63) is 0 Å². The van der Waals surface area contributed by atoms with Crippen LogP contribution < -0.4 is 5.32 Å². The third-order valence-corrected chi connectivity index (χ3v) is 2.63. The second-order valence-electron chi connectivity index (χ2n) is 3.54. The summed E-state index contributed by atoms with van der Waals surface area (Å²) in [6.07, 6.45) is 4.14. The highest BCUT2D eigenvalue weighted by atomic mass is 16.3. The maximum Gasteiger partial charge on any atom is 0.0555 e. The number of nitrogens with zero attached hydrogens (tertiary/aromatic N) is 1. The molecule has 0 aromatic carbocycles. The van der Waals surface area contributed by atoms with Crippen molar-refractivity contribution in [2.75, 3.05) is 33.3 Å². The first kappa shape index (κ1) is 13.9. The Kier molecular flexibility index (Phi) is 9.35. The summed E-state index contributed by atoms with van der Waals surface area (Å²) in [4.78, 5) is 2.41. The number of likely N-dealkylation sites (N-methyl/N-ethyl adjacent to an activating group) is 1. The van der Waals surface area contributed by atoms with Crippen LogP contribution in [-0.4, -0.2) is 49.3 Å². The molecule has 0 aromatic heterocycles. The van der Waals surface area contributed by atoms with Crippen LogP contribution in [0.1, 0.15) is 33.1 Å². The molecule has 0 heterocycles. The average Bonchev–Trinajstić information content (AvgIpc) is 2.13. The fourth-order valence-electron chi connectivity index (χ4n) is 1.47. The molecule has 3 heteroatoms. The fourth-order valence-corrected chi connectivity index (χ4v) is 1.47. The number of aliphatic hydroxyl groups excluding tert-OH is 1. The summed E-state index contributed by atoms with van der Waals surface area (Å²) < 4.78 is 0. The molecule has 1 aliphatic rings. The van der Waals surface area contributed by atoms with Gasteiger partial charge in [0.15, 0.2) is 0 Å². The number of aliphatic hydroxyl groups is 1. The summed E-state index contributed by atoms with van der Waals surface area (Å²) in [7, 11) is 2.18. The van der Waals surface area contributed by atoms with Crippen molar-refractivity contribution in [2.24, 2.45) is 0 Å². The van der Waals surface area contributed by atoms with Crippen molar-refractivity contribution in [3.8, 4) is 0 Å². The Hall–Kier alpha value is -0.120. The Bertz CT molecular complexity index is 116. The standard InChI is InChI=1S/C9H20N2O.C2H6/c1-11(9-3-2-4-9)7-5-10-6-8-12;1-2/h9-10,12H,2-8H2,1H3;1-2H3. The molecule has 0 bridgehead atoms. The smallest absolute Gasteiger partial charge is 0.0555 e.